The zero-order valence-electron chi connectivity index (χ0n) is 14.9. The second kappa shape index (κ2) is 8.38. The summed E-state index contributed by atoms with van der Waals surface area (Å²) < 4.78 is 5.36. The molecule has 2 atom stereocenters. The number of nitrogens with one attached hydrogen (secondary N) is 2. The van der Waals surface area contributed by atoms with Gasteiger partial charge in [-0.1, -0.05) is 6.42 Å². The van der Waals surface area contributed by atoms with Crippen LogP contribution in [0.2, 0.25) is 0 Å². The Labute approximate surface area is 160 Å². The number of ether oxygens (including phenoxy) is 1. The SMILES string of the molecule is Cc1sc(C(=O)NC2CCOCC2)cc1[C@@H]1C[C@H]1NCC1CCC1.Cl. The smallest absolute Gasteiger partial charge is 0.261 e. The van der Waals surface area contributed by atoms with Crippen molar-refractivity contribution in [2.24, 2.45) is 5.92 Å². The van der Waals surface area contributed by atoms with Crippen LogP contribution >= 0.6 is 23.7 Å². The van der Waals surface area contributed by atoms with Crippen LogP contribution in [0.25, 0.3) is 0 Å². The van der Waals surface area contributed by atoms with Crippen molar-refractivity contribution < 1.29 is 9.53 Å². The number of aryl methyl sites for hydroxylation is 1. The van der Waals surface area contributed by atoms with Gasteiger partial charge in [-0.25, -0.2) is 0 Å². The van der Waals surface area contributed by atoms with Crippen LogP contribution in [0.5, 0.6) is 0 Å². The van der Waals surface area contributed by atoms with E-state index in [1.54, 1.807) is 11.3 Å². The molecule has 3 fully saturated rings. The Balaban J connectivity index is 0.00000182. The summed E-state index contributed by atoms with van der Waals surface area (Å²) in [6.07, 6.45) is 7.30. The zero-order valence-corrected chi connectivity index (χ0v) is 16.5. The number of hydrogen-bond acceptors (Lipinski definition) is 4. The molecular formula is C19H29ClN2O2S. The van der Waals surface area contributed by atoms with Crippen LogP contribution < -0.4 is 10.6 Å². The monoisotopic (exact) mass is 384 g/mol. The summed E-state index contributed by atoms with van der Waals surface area (Å²) in [4.78, 5) is 14.7. The van der Waals surface area contributed by atoms with Crippen molar-refractivity contribution in [2.75, 3.05) is 19.8 Å². The van der Waals surface area contributed by atoms with Gasteiger partial charge < -0.3 is 15.4 Å². The fourth-order valence-electron chi connectivity index (χ4n) is 3.85. The third-order valence-corrected chi connectivity index (χ3v) is 6.88. The minimum atomic E-state index is 0. The third-order valence-electron chi connectivity index (χ3n) is 5.82. The van der Waals surface area contributed by atoms with Crippen LogP contribution in [0.1, 0.15) is 64.6 Å². The Hall–Kier alpha value is -0.620. The number of rotatable bonds is 6. The lowest BCUT2D eigenvalue weighted by Gasteiger charge is -2.25. The van der Waals surface area contributed by atoms with Gasteiger partial charge in [0.05, 0.1) is 4.88 Å². The quantitative estimate of drug-likeness (QED) is 0.787. The molecule has 25 heavy (non-hydrogen) atoms. The van der Waals surface area contributed by atoms with Crippen LogP contribution in [0, 0.1) is 12.8 Å². The van der Waals surface area contributed by atoms with Gasteiger partial charge in [0, 0.05) is 36.1 Å². The molecular weight excluding hydrogens is 356 g/mol. The second-order valence-corrected chi connectivity index (χ2v) is 8.89. The molecule has 3 aliphatic rings. The lowest BCUT2D eigenvalue weighted by atomic mass is 9.85. The third kappa shape index (κ3) is 4.57. The normalized spacial score (nSPS) is 26.6. The van der Waals surface area contributed by atoms with E-state index in [-0.39, 0.29) is 24.4 Å². The second-order valence-electron chi connectivity index (χ2n) is 7.64. The molecule has 4 rings (SSSR count). The van der Waals surface area contributed by atoms with Crippen molar-refractivity contribution in [3.63, 3.8) is 0 Å². The summed E-state index contributed by atoms with van der Waals surface area (Å²) in [6.45, 7) is 4.86. The fourth-order valence-corrected chi connectivity index (χ4v) is 4.85. The topological polar surface area (TPSA) is 50.4 Å². The van der Waals surface area contributed by atoms with E-state index in [2.05, 4.69) is 23.6 Å². The van der Waals surface area contributed by atoms with Gasteiger partial charge in [0.15, 0.2) is 0 Å². The average Bonchev–Trinajstić information content (AvgIpc) is 3.19. The molecule has 0 aromatic carbocycles. The Morgan fingerprint density at radius 3 is 2.72 bits per heavy atom. The summed E-state index contributed by atoms with van der Waals surface area (Å²) in [5.74, 6) is 1.63. The molecule has 4 nitrogen and oxygen atoms in total. The molecule has 1 aromatic rings. The van der Waals surface area contributed by atoms with Gasteiger partial charge in [0.1, 0.15) is 0 Å². The van der Waals surface area contributed by atoms with E-state index in [4.69, 9.17) is 4.74 Å². The first-order chi connectivity index (χ1) is 11.7. The van der Waals surface area contributed by atoms with Crippen molar-refractivity contribution in [1.29, 1.82) is 0 Å². The van der Waals surface area contributed by atoms with Gasteiger partial charge in [-0.2, -0.15) is 0 Å². The highest BCUT2D eigenvalue weighted by atomic mass is 35.5. The van der Waals surface area contributed by atoms with Crippen LogP contribution in [0.4, 0.5) is 0 Å². The van der Waals surface area contributed by atoms with E-state index in [0.717, 1.165) is 36.9 Å². The molecule has 1 aliphatic heterocycles. The standard InChI is InChI=1S/C19H28N2O2S.ClH/c1-12-15(16-9-17(16)20-11-13-3-2-4-13)10-18(24-12)19(22)21-14-5-7-23-8-6-14;/h10,13-14,16-17,20H,2-9,11H2,1H3,(H,21,22);1H/t16-,17+;/m0./s1. The Morgan fingerprint density at radius 2 is 2.04 bits per heavy atom. The number of carbonyl (C=O) groups excluding carboxylic acids is 1. The van der Waals surface area contributed by atoms with E-state index in [1.165, 1.54) is 42.7 Å². The van der Waals surface area contributed by atoms with E-state index >= 15 is 0 Å². The van der Waals surface area contributed by atoms with E-state index < -0.39 is 0 Å². The minimum Gasteiger partial charge on any atom is -0.381 e. The van der Waals surface area contributed by atoms with Gasteiger partial charge >= 0.3 is 0 Å². The number of thiophene rings is 1. The van der Waals surface area contributed by atoms with Crippen molar-refractivity contribution in [3.8, 4) is 0 Å². The average molecular weight is 385 g/mol. The Bertz CT molecular complexity index is 596. The number of halogens is 1. The van der Waals surface area contributed by atoms with Crippen LogP contribution in [-0.4, -0.2) is 37.7 Å². The first-order valence-corrected chi connectivity index (χ1v) is 10.2. The van der Waals surface area contributed by atoms with Gasteiger partial charge in [0.25, 0.3) is 5.91 Å². The van der Waals surface area contributed by atoms with Crippen molar-refractivity contribution in [1.82, 2.24) is 10.6 Å². The maximum Gasteiger partial charge on any atom is 0.261 e. The Morgan fingerprint density at radius 1 is 1.28 bits per heavy atom. The highest BCUT2D eigenvalue weighted by Crippen LogP contribution is 2.45. The molecule has 0 bridgehead atoms. The molecule has 1 aromatic heterocycles. The molecule has 0 unspecified atom stereocenters. The predicted molar refractivity (Wildman–Crippen MR) is 104 cm³/mol. The van der Waals surface area contributed by atoms with Gasteiger partial charge in [0.2, 0.25) is 0 Å². The van der Waals surface area contributed by atoms with Gasteiger partial charge in [-0.15, -0.1) is 23.7 Å². The van der Waals surface area contributed by atoms with Crippen molar-refractivity contribution in [3.05, 3.63) is 21.4 Å². The lowest BCUT2D eigenvalue weighted by Crippen LogP contribution is -2.38. The summed E-state index contributed by atoms with van der Waals surface area (Å²) in [5, 5.41) is 6.91. The maximum absolute atomic E-state index is 12.5. The van der Waals surface area contributed by atoms with Gasteiger partial charge in [-0.3, -0.25) is 4.79 Å². The highest BCUT2D eigenvalue weighted by molar-refractivity contribution is 7.14. The number of amides is 1. The number of carbonyl (C=O) groups is 1. The van der Waals surface area contributed by atoms with Crippen LogP contribution in [0.3, 0.4) is 0 Å². The summed E-state index contributed by atoms with van der Waals surface area (Å²) >= 11 is 1.65. The van der Waals surface area contributed by atoms with Crippen LogP contribution in [-0.2, 0) is 4.74 Å². The first-order valence-electron chi connectivity index (χ1n) is 9.43. The van der Waals surface area contributed by atoms with Gasteiger partial charge in [-0.05, 0) is 63.1 Å². The molecule has 2 saturated carbocycles. The maximum atomic E-state index is 12.5. The van der Waals surface area contributed by atoms with Crippen LogP contribution in [0.15, 0.2) is 6.07 Å². The molecule has 2 aliphatic carbocycles. The Kier molecular flexibility index (Phi) is 6.42. The summed E-state index contributed by atoms with van der Waals surface area (Å²) in [6, 6.07) is 3.05. The molecule has 1 saturated heterocycles. The summed E-state index contributed by atoms with van der Waals surface area (Å²) in [5.41, 5.74) is 1.39. The molecule has 0 radical (unpaired) electrons. The van der Waals surface area contributed by atoms with Crippen molar-refractivity contribution >= 4 is 29.7 Å². The molecule has 2 heterocycles. The first kappa shape index (κ1) is 19.2. The van der Waals surface area contributed by atoms with E-state index in [9.17, 15) is 4.79 Å². The molecule has 2 N–H and O–H groups in total. The number of hydrogen-bond donors (Lipinski definition) is 2. The predicted octanol–water partition coefficient (Wildman–Crippen LogP) is 3.63. The highest BCUT2D eigenvalue weighted by Gasteiger charge is 2.40. The molecule has 140 valence electrons. The minimum absolute atomic E-state index is 0. The fraction of sp³-hybridized carbons (Fsp3) is 0.737. The lowest BCUT2D eigenvalue weighted by molar-refractivity contribution is 0.0698. The van der Waals surface area contributed by atoms with Crippen molar-refractivity contribution in [2.45, 2.75) is 63.5 Å². The molecule has 0 spiro atoms. The molecule has 6 heteroatoms. The molecule has 1 amide bonds. The zero-order chi connectivity index (χ0) is 16.5. The van der Waals surface area contributed by atoms with E-state index in [0.29, 0.717) is 12.0 Å². The largest absolute Gasteiger partial charge is 0.381 e. The van der Waals surface area contributed by atoms with E-state index in [1.807, 2.05) is 0 Å². The summed E-state index contributed by atoms with van der Waals surface area (Å²) in [7, 11) is 0.